The minimum atomic E-state index is -0.705. The molecule has 1 N–H and O–H groups in total. The molecule has 1 atom stereocenters. The van der Waals surface area contributed by atoms with Gasteiger partial charge in [-0.25, -0.2) is 4.79 Å². The van der Waals surface area contributed by atoms with Crippen molar-refractivity contribution in [2.45, 2.75) is 33.3 Å². The maximum Gasteiger partial charge on any atom is 0.338 e. The van der Waals surface area contributed by atoms with Crippen LogP contribution < -0.4 is 10.1 Å². The van der Waals surface area contributed by atoms with Crippen LogP contribution in [0.25, 0.3) is 0 Å². The van der Waals surface area contributed by atoms with Gasteiger partial charge in [0.15, 0.2) is 6.10 Å². The number of hydrogen-bond donors (Lipinski definition) is 1. The molecule has 0 saturated carbocycles. The van der Waals surface area contributed by atoms with Crippen LogP contribution in [0.1, 0.15) is 36.7 Å². The molecule has 0 radical (unpaired) electrons. The summed E-state index contributed by atoms with van der Waals surface area (Å²) in [7, 11) is 0. The van der Waals surface area contributed by atoms with Crippen molar-refractivity contribution in [1.29, 1.82) is 0 Å². The Bertz CT molecular complexity index is 791. The molecule has 26 heavy (non-hydrogen) atoms. The molecule has 0 aliphatic heterocycles. The van der Waals surface area contributed by atoms with Crippen molar-refractivity contribution >= 4 is 29.2 Å². The lowest BCUT2D eigenvalue weighted by Gasteiger charge is -2.17. The molecule has 5 nitrogen and oxygen atoms in total. The van der Waals surface area contributed by atoms with E-state index in [2.05, 4.69) is 5.32 Å². The average Bonchev–Trinajstić information content (AvgIpc) is 2.63. The summed E-state index contributed by atoms with van der Waals surface area (Å²) >= 11 is 6.17. The molecule has 0 heterocycles. The number of anilines is 1. The van der Waals surface area contributed by atoms with Crippen LogP contribution in [0.3, 0.4) is 0 Å². The Kier molecular flexibility index (Phi) is 7.04. The van der Waals surface area contributed by atoms with Crippen LogP contribution >= 0.6 is 11.6 Å². The Balaban J connectivity index is 2.05. The van der Waals surface area contributed by atoms with Gasteiger partial charge in [0.25, 0.3) is 5.91 Å². The van der Waals surface area contributed by atoms with Crippen LogP contribution in [0, 0.1) is 0 Å². The summed E-state index contributed by atoms with van der Waals surface area (Å²) in [6.45, 7) is 5.70. The summed E-state index contributed by atoms with van der Waals surface area (Å²) in [5.74, 6) is -0.108. The van der Waals surface area contributed by atoms with E-state index >= 15 is 0 Å². The third-order valence-electron chi connectivity index (χ3n) is 3.76. The molecule has 0 aromatic heterocycles. The molecule has 0 aliphatic rings. The van der Waals surface area contributed by atoms with Gasteiger partial charge in [0.1, 0.15) is 5.75 Å². The number of esters is 1. The predicted molar refractivity (Wildman–Crippen MR) is 102 cm³/mol. The van der Waals surface area contributed by atoms with E-state index < -0.39 is 12.1 Å². The molecule has 1 unspecified atom stereocenters. The van der Waals surface area contributed by atoms with Gasteiger partial charge in [-0.2, -0.15) is 0 Å². The molecule has 0 bridgehead atoms. The average molecular weight is 376 g/mol. The predicted octanol–water partition coefficient (Wildman–Crippen LogP) is 4.49. The zero-order valence-corrected chi connectivity index (χ0v) is 15.8. The second-order valence-corrected chi connectivity index (χ2v) is 6.03. The number of halogens is 1. The van der Waals surface area contributed by atoms with Gasteiger partial charge in [-0.3, -0.25) is 4.79 Å². The fourth-order valence-corrected chi connectivity index (χ4v) is 2.57. The fourth-order valence-electron chi connectivity index (χ4n) is 2.35. The summed E-state index contributed by atoms with van der Waals surface area (Å²) in [6.07, 6.45) is 0.106. The van der Waals surface area contributed by atoms with Crippen LogP contribution in [0.4, 0.5) is 5.69 Å². The van der Waals surface area contributed by atoms with Crippen LogP contribution in [0.2, 0.25) is 5.02 Å². The number of para-hydroxylation sites is 1. The quantitative estimate of drug-likeness (QED) is 0.724. The van der Waals surface area contributed by atoms with E-state index in [9.17, 15) is 9.59 Å². The number of aryl methyl sites for hydroxylation is 1. The Morgan fingerprint density at radius 2 is 1.88 bits per heavy atom. The molecule has 0 spiro atoms. The lowest BCUT2D eigenvalue weighted by atomic mass is 10.1. The number of rotatable bonds is 7. The summed E-state index contributed by atoms with van der Waals surface area (Å²) < 4.78 is 10.7. The molecule has 1 amide bonds. The molecular weight excluding hydrogens is 354 g/mol. The van der Waals surface area contributed by atoms with Gasteiger partial charge in [-0.05, 0) is 50.1 Å². The van der Waals surface area contributed by atoms with Crippen molar-refractivity contribution in [3.05, 3.63) is 58.6 Å². The first-order chi connectivity index (χ1) is 12.5. The lowest BCUT2D eigenvalue weighted by molar-refractivity contribution is -0.122. The van der Waals surface area contributed by atoms with E-state index in [0.717, 1.165) is 12.0 Å². The first kappa shape index (κ1) is 19.8. The number of amides is 1. The van der Waals surface area contributed by atoms with Crippen molar-refractivity contribution in [3.63, 3.8) is 0 Å². The van der Waals surface area contributed by atoms with E-state index in [1.807, 2.05) is 31.2 Å². The molecule has 2 aromatic rings. The standard InChI is InChI=1S/C20H22ClNO4/c1-4-14-8-6-7-9-18(14)26-13(3)19(23)22-17-11-10-15(12-16(17)21)20(24)25-5-2/h6-13H,4-5H2,1-3H3,(H,22,23). The molecule has 2 rings (SSSR count). The van der Waals surface area contributed by atoms with Crippen LogP contribution in [-0.2, 0) is 16.0 Å². The number of carbonyl (C=O) groups excluding carboxylic acids is 2. The molecular formula is C20H22ClNO4. The molecule has 0 saturated heterocycles. The third kappa shape index (κ3) is 4.99. The Morgan fingerprint density at radius 1 is 1.15 bits per heavy atom. The summed E-state index contributed by atoms with van der Waals surface area (Å²) in [5, 5.41) is 2.97. The molecule has 2 aromatic carbocycles. The zero-order valence-electron chi connectivity index (χ0n) is 15.0. The van der Waals surface area contributed by atoms with Gasteiger partial charge in [-0.1, -0.05) is 36.7 Å². The number of carbonyl (C=O) groups is 2. The van der Waals surface area contributed by atoms with Crippen molar-refractivity contribution in [3.8, 4) is 5.75 Å². The highest BCUT2D eigenvalue weighted by molar-refractivity contribution is 6.34. The van der Waals surface area contributed by atoms with E-state index in [1.165, 1.54) is 6.07 Å². The van der Waals surface area contributed by atoms with Gasteiger partial charge in [-0.15, -0.1) is 0 Å². The van der Waals surface area contributed by atoms with E-state index in [4.69, 9.17) is 21.1 Å². The second-order valence-electron chi connectivity index (χ2n) is 5.63. The summed E-state index contributed by atoms with van der Waals surface area (Å²) in [5.41, 5.74) is 1.77. The molecule has 6 heteroatoms. The van der Waals surface area contributed by atoms with Crippen LogP contribution in [0.15, 0.2) is 42.5 Å². The van der Waals surface area contributed by atoms with Crippen molar-refractivity contribution in [1.82, 2.24) is 0 Å². The number of nitrogens with one attached hydrogen (secondary N) is 1. The summed E-state index contributed by atoms with van der Waals surface area (Å²) in [6, 6.07) is 12.2. The highest BCUT2D eigenvalue weighted by atomic mass is 35.5. The Morgan fingerprint density at radius 3 is 2.54 bits per heavy atom. The van der Waals surface area contributed by atoms with Crippen molar-refractivity contribution in [2.75, 3.05) is 11.9 Å². The first-order valence-corrected chi connectivity index (χ1v) is 8.86. The van der Waals surface area contributed by atoms with E-state index in [1.54, 1.807) is 26.0 Å². The maximum absolute atomic E-state index is 12.4. The number of benzene rings is 2. The van der Waals surface area contributed by atoms with Gasteiger partial charge in [0.2, 0.25) is 0 Å². The van der Waals surface area contributed by atoms with E-state index in [-0.39, 0.29) is 17.5 Å². The third-order valence-corrected chi connectivity index (χ3v) is 4.08. The number of hydrogen-bond acceptors (Lipinski definition) is 4. The van der Waals surface area contributed by atoms with E-state index in [0.29, 0.717) is 17.0 Å². The lowest BCUT2D eigenvalue weighted by Crippen LogP contribution is -2.30. The highest BCUT2D eigenvalue weighted by Gasteiger charge is 2.18. The van der Waals surface area contributed by atoms with Gasteiger partial charge < -0.3 is 14.8 Å². The van der Waals surface area contributed by atoms with Gasteiger partial charge in [0, 0.05) is 0 Å². The smallest absolute Gasteiger partial charge is 0.338 e. The molecule has 0 aliphatic carbocycles. The van der Waals surface area contributed by atoms with Crippen molar-refractivity contribution in [2.24, 2.45) is 0 Å². The second kappa shape index (κ2) is 9.25. The Labute approximate surface area is 158 Å². The molecule has 0 fully saturated rings. The van der Waals surface area contributed by atoms with Crippen LogP contribution in [-0.4, -0.2) is 24.6 Å². The zero-order chi connectivity index (χ0) is 19.1. The van der Waals surface area contributed by atoms with Gasteiger partial charge in [0.05, 0.1) is 22.9 Å². The largest absolute Gasteiger partial charge is 0.481 e. The minimum absolute atomic E-state index is 0.255. The highest BCUT2D eigenvalue weighted by Crippen LogP contribution is 2.25. The fraction of sp³-hybridized carbons (Fsp3) is 0.300. The first-order valence-electron chi connectivity index (χ1n) is 8.48. The topological polar surface area (TPSA) is 64.6 Å². The monoisotopic (exact) mass is 375 g/mol. The molecule has 138 valence electrons. The van der Waals surface area contributed by atoms with Crippen LogP contribution in [0.5, 0.6) is 5.75 Å². The normalized spacial score (nSPS) is 11.5. The number of ether oxygens (including phenoxy) is 2. The van der Waals surface area contributed by atoms with Gasteiger partial charge >= 0.3 is 5.97 Å². The SMILES string of the molecule is CCOC(=O)c1ccc(NC(=O)C(C)Oc2ccccc2CC)c(Cl)c1. The summed E-state index contributed by atoms with van der Waals surface area (Å²) in [4.78, 5) is 24.1. The van der Waals surface area contributed by atoms with Crippen molar-refractivity contribution < 1.29 is 19.1 Å². The maximum atomic E-state index is 12.4. The Hall–Kier alpha value is -2.53. The minimum Gasteiger partial charge on any atom is -0.481 e.